The number of hydrogen-bond acceptors (Lipinski definition) is 5. The fraction of sp³-hybridized carbons (Fsp3) is 0.474. The van der Waals surface area contributed by atoms with Crippen LogP contribution in [0.5, 0.6) is 0 Å². The molecular weight excluding hydrogens is 362 g/mol. The van der Waals surface area contributed by atoms with E-state index in [4.69, 9.17) is 0 Å². The van der Waals surface area contributed by atoms with Crippen molar-refractivity contribution >= 4 is 29.3 Å². The molecular formula is C19H23N5O2S. The zero-order chi connectivity index (χ0) is 18.8. The molecule has 2 N–H and O–H groups in total. The van der Waals surface area contributed by atoms with Crippen LogP contribution < -0.4 is 10.6 Å². The molecule has 2 fully saturated rings. The summed E-state index contributed by atoms with van der Waals surface area (Å²) >= 11 is 1.48. The smallest absolute Gasteiger partial charge is 0.233 e. The maximum atomic E-state index is 12.4. The van der Waals surface area contributed by atoms with Crippen LogP contribution in [0.3, 0.4) is 0 Å². The molecule has 1 aliphatic carbocycles. The Labute approximate surface area is 162 Å². The standard InChI is InChI=1S/C19H23N5O2S/c1-12(25)21-14-5-4-6-15(11-14)24-17(13-8-9-13)22-23-19(24)27-16-7-2-3-10-20-18(16)26/h4-6,11,13,16H,2-3,7-10H2,1H3,(H,20,26)(H,21,25)/t16-/m0/s1. The summed E-state index contributed by atoms with van der Waals surface area (Å²) in [5, 5.41) is 15.2. The van der Waals surface area contributed by atoms with Crippen molar-refractivity contribution in [3.8, 4) is 5.69 Å². The van der Waals surface area contributed by atoms with Crippen LogP contribution in [0.25, 0.3) is 5.69 Å². The monoisotopic (exact) mass is 385 g/mol. The SMILES string of the molecule is CC(=O)Nc1cccc(-n2c(S[C@H]3CCCCNC3=O)nnc2C2CC2)c1. The Morgan fingerprint density at radius 1 is 1.26 bits per heavy atom. The van der Waals surface area contributed by atoms with Crippen molar-refractivity contribution in [3.05, 3.63) is 30.1 Å². The molecule has 0 unspecified atom stereocenters. The van der Waals surface area contributed by atoms with E-state index in [1.54, 1.807) is 0 Å². The number of hydrogen-bond donors (Lipinski definition) is 2. The van der Waals surface area contributed by atoms with Gasteiger partial charge in [-0.1, -0.05) is 24.2 Å². The summed E-state index contributed by atoms with van der Waals surface area (Å²) in [7, 11) is 0. The number of benzene rings is 1. The van der Waals surface area contributed by atoms with E-state index < -0.39 is 0 Å². The third-order valence-electron chi connectivity index (χ3n) is 4.76. The van der Waals surface area contributed by atoms with Crippen LogP contribution >= 0.6 is 11.8 Å². The van der Waals surface area contributed by atoms with E-state index in [1.165, 1.54) is 18.7 Å². The number of carbonyl (C=O) groups is 2. The number of amides is 2. The first-order valence-electron chi connectivity index (χ1n) is 9.39. The summed E-state index contributed by atoms with van der Waals surface area (Å²) in [5.41, 5.74) is 1.64. The zero-order valence-corrected chi connectivity index (χ0v) is 16.1. The van der Waals surface area contributed by atoms with Gasteiger partial charge in [-0.25, -0.2) is 0 Å². The number of thioether (sulfide) groups is 1. The van der Waals surface area contributed by atoms with E-state index in [-0.39, 0.29) is 17.1 Å². The summed E-state index contributed by atoms with van der Waals surface area (Å²) in [5.74, 6) is 1.32. The molecule has 7 nitrogen and oxygen atoms in total. The average Bonchev–Trinajstić information content (AvgIpc) is 3.42. The molecule has 1 atom stereocenters. The Balaban J connectivity index is 1.68. The molecule has 0 bridgehead atoms. The minimum atomic E-state index is -0.152. The molecule has 2 aliphatic rings. The van der Waals surface area contributed by atoms with Gasteiger partial charge in [-0.15, -0.1) is 10.2 Å². The van der Waals surface area contributed by atoms with Crippen molar-refractivity contribution < 1.29 is 9.59 Å². The van der Waals surface area contributed by atoms with Gasteiger partial charge in [0, 0.05) is 25.1 Å². The minimum absolute atomic E-state index is 0.0759. The van der Waals surface area contributed by atoms with Crippen LogP contribution in [-0.2, 0) is 9.59 Å². The highest BCUT2D eigenvalue weighted by Crippen LogP contribution is 2.42. The van der Waals surface area contributed by atoms with E-state index in [2.05, 4.69) is 20.8 Å². The van der Waals surface area contributed by atoms with Gasteiger partial charge in [-0.2, -0.15) is 0 Å². The largest absolute Gasteiger partial charge is 0.355 e. The first kappa shape index (κ1) is 18.0. The number of carbonyl (C=O) groups excluding carboxylic acids is 2. The lowest BCUT2D eigenvalue weighted by atomic mass is 10.2. The van der Waals surface area contributed by atoms with Crippen LogP contribution in [-0.4, -0.2) is 38.4 Å². The van der Waals surface area contributed by atoms with E-state index in [9.17, 15) is 9.59 Å². The molecule has 8 heteroatoms. The summed E-state index contributed by atoms with van der Waals surface area (Å²) in [4.78, 5) is 23.8. The van der Waals surface area contributed by atoms with Gasteiger partial charge in [0.2, 0.25) is 11.8 Å². The van der Waals surface area contributed by atoms with Crippen molar-refractivity contribution in [2.45, 2.75) is 55.4 Å². The lowest BCUT2D eigenvalue weighted by Gasteiger charge is -2.15. The number of nitrogens with one attached hydrogen (secondary N) is 2. The number of anilines is 1. The van der Waals surface area contributed by atoms with Gasteiger partial charge >= 0.3 is 0 Å². The topological polar surface area (TPSA) is 88.9 Å². The maximum Gasteiger partial charge on any atom is 0.233 e. The molecule has 27 heavy (non-hydrogen) atoms. The van der Waals surface area contributed by atoms with E-state index in [0.717, 1.165) is 61.0 Å². The van der Waals surface area contributed by atoms with Crippen LogP contribution in [0.2, 0.25) is 0 Å². The van der Waals surface area contributed by atoms with Crippen molar-refractivity contribution in [2.75, 3.05) is 11.9 Å². The summed E-state index contributed by atoms with van der Waals surface area (Å²) in [6.45, 7) is 2.24. The Bertz CT molecular complexity index is 862. The number of nitrogens with zero attached hydrogens (tertiary/aromatic N) is 3. The second kappa shape index (κ2) is 7.72. The fourth-order valence-electron chi connectivity index (χ4n) is 3.28. The Morgan fingerprint density at radius 3 is 2.89 bits per heavy atom. The number of aromatic nitrogens is 3. The van der Waals surface area contributed by atoms with Crippen LogP contribution in [0, 0.1) is 0 Å². The zero-order valence-electron chi connectivity index (χ0n) is 15.3. The van der Waals surface area contributed by atoms with Gasteiger partial charge in [0.05, 0.1) is 10.9 Å². The summed E-state index contributed by atoms with van der Waals surface area (Å²) < 4.78 is 2.05. The van der Waals surface area contributed by atoms with Crippen LogP contribution in [0.1, 0.15) is 50.8 Å². The average molecular weight is 385 g/mol. The van der Waals surface area contributed by atoms with Crippen LogP contribution in [0.15, 0.2) is 29.4 Å². The van der Waals surface area contributed by atoms with Crippen molar-refractivity contribution in [1.82, 2.24) is 20.1 Å². The lowest BCUT2D eigenvalue weighted by molar-refractivity contribution is -0.120. The molecule has 142 valence electrons. The predicted molar refractivity (Wildman–Crippen MR) is 104 cm³/mol. The Hall–Kier alpha value is -2.35. The highest BCUT2D eigenvalue weighted by Gasteiger charge is 2.32. The Kier molecular flexibility index (Phi) is 5.15. The Morgan fingerprint density at radius 2 is 2.11 bits per heavy atom. The molecule has 2 aromatic rings. The maximum absolute atomic E-state index is 12.4. The van der Waals surface area contributed by atoms with E-state index in [1.807, 2.05) is 28.8 Å². The van der Waals surface area contributed by atoms with E-state index in [0.29, 0.717) is 5.92 Å². The van der Waals surface area contributed by atoms with Gasteiger partial charge in [0.1, 0.15) is 5.82 Å². The minimum Gasteiger partial charge on any atom is -0.355 e. The van der Waals surface area contributed by atoms with Crippen molar-refractivity contribution in [3.63, 3.8) is 0 Å². The summed E-state index contributed by atoms with van der Waals surface area (Å²) in [6.07, 6.45) is 5.10. The summed E-state index contributed by atoms with van der Waals surface area (Å²) in [6, 6.07) is 7.67. The first-order valence-corrected chi connectivity index (χ1v) is 10.3. The second-order valence-corrected chi connectivity index (χ2v) is 8.25. The molecule has 1 aromatic carbocycles. The molecule has 1 aromatic heterocycles. The van der Waals surface area contributed by atoms with Gasteiger partial charge < -0.3 is 10.6 Å². The van der Waals surface area contributed by atoms with Gasteiger partial charge in [-0.05, 0) is 43.9 Å². The molecule has 2 heterocycles. The lowest BCUT2D eigenvalue weighted by Crippen LogP contribution is -2.30. The van der Waals surface area contributed by atoms with Crippen molar-refractivity contribution in [2.24, 2.45) is 0 Å². The third kappa shape index (κ3) is 4.16. The van der Waals surface area contributed by atoms with Gasteiger partial charge in [-0.3, -0.25) is 14.2 Å². The number of rotatable bonds is 5. The van der Waals surface area contributed by atoms with Crippen molar-refractivity contribution in [1.29, 1.82) is 0 Å². The highest BCUT2D eigenvalue weighted by molar-refractivity contribution is 8.00. The normalized spacial score (nSPS) is 20.0. The molecule has 1 saturated heterocycles. The molecule has 1 saturated carbocycles. The molecule has 0 spiro atoms. The molecule has 1 aliphatic heterocycles. The second-order valence-electron chi connectivity index (χ2n) is 7.08. The molecule has 2 amide bonds. The van der Waals surface area contributed by atoms with Gasteiger partial charge in [0.25, 0.3) is 0 Å². The van der Waals surface area contributed by atoms with Gasteiger partial charge in [0.15, 0.2) is 5.16 Å². The quantitative estimate of drug-likeness (QED) is 0.826. The van der Waals surface area contributed by atoms with E-state index >= 15 is 0 Å². The fourth-order valence-corrected chi connectivity index (χ4v) is 4.40. The highest BCUT2D eigenvalue weighted by atomic mass is 32.2. The third-order valence-corrected chi connectivity index (χ3v) is 5.97. The predicted octanol–water partition coefficient (Wildman–Crippen LogP) is 2.86. The first-order chi connectivity index (χ1) is 13.1. The molecule has 4 rings (SSSR count). The van der Waals surface area contributed by atoms with Crippen LogP contribution in [0.4, 0.5) is 5.69 Å². The molecule has 0 radical (unpaired) electrons.